The predicted octanol–water partition coefficient (Wildman–Crippen LogP) is 4.63. The van der Waals surface area contributed by atoms with Gasteiger partial charge in [0.1, 0.15) is 30.0 Å². The molecule has 0 saturated heterocycles. The van der Waals surface area contributed by atoms with E-state index < -0.39 is 24.1 Å². The molecule has 0 unspecified atom stereocenters. The molecule has 1 amide bonds. The zero-order valence-electron chi connectivity index (χ0n) is 18.3. The second kappa shape index (κ2) is 10.0. The van der Waals surface area contributed by atoms with Gasteiger partial charge in [-0.1, -0.05) is 23.7 Å². The molecule has 34 heavy (non-hydrogen) atoms. The summed E-state index contributed by atoms with van der Waals surface area (Å²) in [4.78, 5) is 25.6. The molecule has 4 rings (SSSR count). The van der Waals surface area contributed by atoms with Crippen molar-refractivity contribution in [2.24, 2.45) is 0 Å². The normalized spacial score (nSPS) is 14.7. The molecule has 176 valence electrons. The van der Waals surface area contributed by atoms with Crippen LogP contribution in [-0.2, 0) is 11.2 Å². The summed E-state index contributed by atoms with van der Waals surface area (Å²) in [5, 5.41) is 11.5. The van der Waals surface area contributed by atoms with Crippen molar-refractivity contribution in [1.29, 1.82) is 0 Å². The molecule has 2 N–H and O–H groups in total. The van der Waals surface area contributed by atoms with Crippen molar-refractivity contribution in [2.75, 3.05) is 30.4 Å². The van der Waals surface area contributed by atoms with E-state index in [0.29, 0.717) is 24.5 Å². The van der Waals surface area contributed by atoms with Gasteiger partial charge in [0.05, 0.1) is 29.4 Å². The molecule has 7 nitrogen and oxygen atoms in total. The summed E-state index contributed by atoms with van der Waals surface area (Å²) in [5.41, 5.74) is 1.41. The maximum atomic E-state index is 13.9. The van der Waals surface area contributed by atoms with Crippen LogP contribution >= 0.6 is 11.6 Å². The molecule has 0 saturated carbocycles. The molecule has 1 aliphatic heterocycles. The lowest BCUT2D eigenvalue weighted by Gasteiger charge is -2.33. The second-order valence-electron chi connectivity index (χ2n) is 7.87. The Morgan fingerprint density at radius 2 is 1.94 bits per heavy atom. The van der Waals surface area contributed by atoms with Gasteiger partial charge >= 0.3 is 5.97 Å². The number of hydrogen-bond acceptors (Lipinski definition) is 5. The quantitative estimate of drug-likeness (QED) is 0.508. The molecule has 0 spiro atoms. The minimum Gasteiger partial charge on any atom is -0.490 e. The summed E-state index contributed by atoms with van der Waals surface area (Å²) in [7, 11) is 2.00. The van der Waals surface area contributed by atoms with Gasteiger partial charge in [0.2, 0.25) is 0 Å². The van der Waals surface area contributed by atoms with Gasteiger partial charge in [-0.05, 0) is 48.5 Å². The van der Waals surface area contributed by atoms with Gasteiger partial charge < -0.3 is 24.8 Å². The molecule has 1 heterocycles. The number of ether oxygens (including phenoxy) is 2. The number of nitrogens with zero attached hydrogens (tertiary/aromatic N) is 1. The first kappa shape index (κ1) is 23.4. The summed E-state index contributed by atoms with van der Waals surface area (Å²) in [5.74, 6) is -1.03. The van der Waals surface area contributed by atoms with Crippen LogP contribution < -0.4 is 19.7 Å². The van der Waals surface area contributed by atoms with Crippen LogP contribution in [0.3, 0.4) is 0 Å². The Labute approximate surface area is 200 Å². The number of fused-ring (bicyclic) bond motifs is 1. The topological polar surface area (TPSA) is 88.1 Å². The average molecular weight is 485 g/mol. The molecule has 0 aliphatic carbocycles. The number of benzene rings is 3. The Morgan fingerprint density at radius 1 is 1.21 bits per heavy atom. The highest BCUT2D eigenvalue weighted by atomic mass is 35.5. The summed E-state index contributed by atoms with van der Waals surface area (Å²) >= 11 is 6.01. The highest BCUT2D eigenvalue weighted by molar-refractivity contribution is 6.34. The van der Waals surface area contributed by atoms with Crippen molar-refractivity contribution < 1.29 is 28.6 Å². The number of hydrogen-bond donors (Lipinski definition) is 2. The van der Waals surface area contributed by atoms with Gasteiger partial charge in [0.25, 0.3) is 5.91 Å². The summed E-state index contributed by atoms with van der Waals surface area (Å²) in [6.45, 7) is 1.02. The van der Waals surface area contributed by atoms with Crippen molar-refractivity contribution in [1.82, 2.24) is 0 Å². The Hall–Kier alpha value is -3.78. The van der Waals surface area contributed by atoms with E-state index in [2.05, 4.69) is 10.2 Å². The molecule has 0 aromatic heterocycles. The second-order valence-corrected chi connectivity index (χ2v) is 8.28. The monoisotopic (exact) mass is 484 g/mol. The van der Waals surface area contributed by atoms with E-state index in [1.807, 2.05) is 31.3 Å². The number of amides is 1. The summed E-state index contributed by atoms with van der Waals surface area (Å²) in [6, 6.07) is 16.5. The van der Waals surface area contributed by atoms with Crippen LogP contribution in [0.25, 0.3) is 0 Å². The fourth-order valence-electron chi connectivity index (χ4n) is 3.65. The van der Waals surface area contributed by atoms with Crippen LogP contribution in [0.2, 0.25) is 5.02 Å². The van der Waals surface area contributed by atoms with E-state index >= 15 is 0 Å². The maximum Gasteiger partial charge on any atom is 0.307 e. The third-order valence-electron chi connectivity index (χ3n) is 5.33. The van der Waals surface area contributed by atoms with E-state index in [4.69, 9.17) is 26.2 Å². The lowest BCUT2D eigenvalue weighted by atomic mass is 10.1. The lowest BCUT2D eigenvalue weighted by molar-refractivity contribution is -0.136. The Bertz CT molecular complexity index is 1220. The number of anilines is 2. The first-order valence-corrected chi connectivity index (χ1v) is 10.9. The SMILES string of the molecule is CN1C[C@@H](COc2ccc(C(=O)Nc3cc(CC(=O)O)c(F)cc3Cl)cc2)Oc2ccccc21. The maximum absolute atomic E-state index is 13.9. The molecular formula is C25H22ClFN2O5. The number of aliphatic carboxylic acids is 1. The van der Waals surface area contributed by atoms with Crippen molar-refractivity contribution in [3.8, 4) is 11.5 Å². The minimum atomic E-state index is -1.19. The van der Waals surface area contributed by atoms with Gasteiger partial charge in [0.15, 0.2) is 0 Å². The first-order chi connectivity index (χ1) is 16.3. The standard InChI is InChI=1S/C25H22ClFN2O5/c1-29-13-18(34-23-5-3-2-4-22(23)29)14-33-17-8-6-15(7-9-17)25(32)28-21-10-16(11-24(30)31)20(27)12-19(21)26/h2-10,12,18H,11,13-14H2,1H3,(H,28,32)(H,30,31)/t18-/m0/s1. The zero-order valence-corrected chi connectivity index (χ0v) is 19.0. The van der Waals surface area contributed by atoms with Gasteiger partial charge in [-0.3, -0.25) is 9.59 Å². The van der Waals surface area contributed by atoms with Gasteiger partial charge in [-0.2, -0.15) is 0 Å². The largest absolute Gasteiger partial charge is 0.490 e. The predicted molar refractivity (Wildman–Crippen MR) is 127 cm³/mol. The number of carbonyl (C=O) groups is 2. The molecule has 0 bridgehead atoms. The number of nitrogens with one attached hydrogen (secondary N) is 1. The van der Waals surface area contributed by atoms with Crippen LogP contribution in [0.15, 0.2) is 60.7 Å². The molecule has 3 aromatic carbocycles. The average Bonchev–Trinajstić information content (AvgIpc) is 2.81. The van der Waals surface area contributed by atoms with Gasteiger partial charge in [-0.15, -0.1) is 0 Å². The van der Waals surface area contributed by atoms with E-state index in [1.165, 1.54) is 6.07 Å². The highest BCUT2D eigenvalue weighted by Gasteiger charge is 2.23. The minimum absolute atomic E-state index is 0.0287. The highest BCUT2D eigenvalue weighted by Crippen LogP contribution is 2.32. The number of carboxylic acid groups (broad SMARTS) is 1. The molecule has 1 aliphatic rings. The first-order valence-electron chi connectivity index (χ1n) is 10.5. The van der Waals surface area contributed by atoms with Crippen molar-refractivity contribution in [2.45, 2.75) is 12.5 Å². The third-order valence-corrected chi connectivity index (χ3v) is 5.64. The summed E-state index contributed by atoms with van der Waals surface area (Å²) in [6.07, 6.45) is -0.673. The van der Waals surface area contributed by atoms with Crippen LogP contribution in [-0.4, -0.2) is 43.3 Å². The Balaban J connectivity index is 1.37. The Morgan fingerprint density at radius 3 is 2.68 bits per heavy atom. The van der Waals surface area contributed by atoms with E-state index in [0.717, 1.165) is 17.5 Å². The van der Waals surface area contributed by atoms with Crippen molar-refractivity contribution in [3.05, 3.63) is 82.6 Å². The third kappa shape index (κ3) is 5.40. The zero-order chi connectivity index (χ0) is 24.2. The Kier molecular flexibility index (Phi) is 6.88. The molecule has 9 heteroatoms. The fraction of sp³-hybridized carbons (Fsp3) is 0.200. The van der Waals surface area contributed by atoms with Crippen LogP contribution in [0.4, 0.5) is 15.8 Å². The summed E-state index contributed by atoms with van der Waals surface area (Å²) < 4.78 is 25.8. The van der Waals surface area contributed by atoms with Crippen LogP contribution in [0.1, 0.15) is 15.9 Å². The van der Waals surface area contributed by atoms with Gasteiger partial charge in [-0.25, -0.2) is 4.39 Å². The molecule has 0 fully saturated rings. The smallest absolute Gasteiger partial charge is 0.307 e. The van der Waals surface area contributed by atoms with E-state index in [1.54, 1.807) is 24.3 Å². The molecular weight excluding hydrogens is 463 g/mol. The number of rotatable bonds is 7. The molecule has 0 radical (unpaired) electrons. The van der Waals surface area contributed by atoms with Crippen LogP contribution in [0, 0.1) is 5.82 Å². The van der Waals surface area contributed by atoms with E-state index in [-0.39, 0.29) is 22.4 Å². The van der Waals surface area contributed by atoms with Crippen molar-refractivity contribution >= 4 is 34.9 Å². The van der Waals surface area contributed by atoms with Crippen molar-refractivity contribution in [3.63, 3.8) is 0 Å². The fourth-order valence-corrected chi connectivity index (χ4v) is 3.85. The number of halogens is 2. The van der Waals surface area contributed by atoms with Crippen LogP contribution in [0.5, 0.6) is 11.5 Å². The number of carboxylic acids is 1. The van der Waals surface area contributed by atoms with E-state index in [9.17, 15) is 14.0 Å². The number of para-hydroxylation sites is 2. The molecule has 1 atom stereocenters. The number of carbonyl (C=O) groups excluding carboxylic acids is 1. The molecule has 3 aromatic rings. The number of likely N-dealkylation sites (N-methyl/N-ethyl adjacent to an activating group) is 1. The lowest BCUT2D eigenvalue weighted by Crippen LogP contribution is -2.41. The van der Waals surface area contributed by atoms with Gasteiger partial charge in [0, 0.05) is 18.2 Å².